The van der Waals surface area contributed by atoms with Gasteiger partial charge in [0.25, 0.3) is 0 Å². The van der Waals surface area contributed by atoms with Gasteiger partial charge < -0.3 is 20.1 Å². The Bertz CT molecular complexity index is 1950. The molecule has 0 aromatic rings. The number of ether oxygens (including phenoxy) is 2. The number of esters is 2. The molecule has 0 saturated carbocycles. The lowest BCUT2D eigenvalue weighted by atomic mass is 10.0. The topological polar surface area (TPSA) is 134 Å². The molecule has 0 amide bonds. The lowest BCUT2D eigenvalue weighted by molar-refractivity contribution is -0.161. The Balaban J connectivity index is 3.88. The second kappa shape index (κ2) is 77.4. The van der Waals surface area contributed by atoms with Crippen molar-refractivity contribution in [3.63, 3.8) is 0 Å². The average molecular weight is 1320 g/mol. The number of hydrogen-bond acceptors (Lipinski definition) is 8. The Morgan fingerprint density at radius 1 is 0.333 bits per heavy atom. The molecular formula is C83H146NO8P. The van der Waals surface area contributed by atoms with Crippen molar-refractivity contribution in [3.8, 4) is 0 Å². The number of carbonyl (C=O) groups is 2. The molecule has 0 aliphatic carbocycles. The van der Waals surface area contributed by atoms with Crippen LogP contribution < -0.4 is 5.73 Å². The molecule has 9 nitrogen and oxygen atoms in total. The van der Waals surface area contributed by atoms with Crippen molar-refractivity contribution < 1.29 is 37.6 Å². The van der Waals surface area contributed by atoms with Crippen molar-refractivity contribution in [1.29, 1.82) is 0 Å². The summed E-state index contributed by atoms with van der Waals surface area (Å²) in [4.78, 5) is 35.4. The minimum absolute atomic E-state index is 0.0412. The molecule has 0 aromatic heterocycles. The van der Waals surface area contributed by atoms with Crippen LogP contribution in [0.5, 0.6) is 0 Å². The van der Waals surface area contributed by atoms with E-state index >= 15 is 0 Å². The third kappa shape index (κ3) is 77.3. The lowest BCUT2D eigenvalue weighted by Crippen LogP contribution is -2.29. The van der Waals surface area contributed by atoms with Gasteiger partial charge in [0.1, 0.15) is 6.61 Å². The van der Waals surface area contributed by atoms with Crippen LogP contribution in [0.25, 0.3) is 0 Å². The van der Waals surface area contributed by atoms with Crippen molar-refractivity contribution >= 4 is 19.8 Å². The van der Waals surface area contributed by atoms with E-state index in [0.29, 0.717) is 6.42 Å². The van der Waals surface area contributed by atoms with E-state index in [4.69, 9.17) is 24.3 Å². The molecule has 2 atom stereocenters. The molecule has 93 heavy (non-hydrogen) atoms. The second-order valence-electron chi connectivity index (χ2n) is 25.9. The van der Waals surface area contributed by atoms with Crippen molar-refractivity contribution in [2.75, 3.05) is 26.4 Å². The standard InChI is InChI=1S/C83H146NO8P/c1-3-5-7-9-11-13-15-17-19-21-23-25-27-29-31-33-35-37-38-39-40-41-42-44-45-47-49-51-53-55-57-59-61-63-65-67-69-71-73-75-82(85)89-79-81(80-91-93(87,88)90-78-77-84)92-83(86)76-74-72-70-68-66-64-62-60-58-56-54-52-50-48-46-43-36-34-32-30-28-26-24-22-20-18-16-14-12-10-8-6-4-2/h6,8,12,14,18,20,24,26,30,32,36,43,48,50,54,56,60,62,66,68,81H,3-5,7,9-11,13,15-17,19,21-23,25,27-29,31,33-35,37-42,44-47,49,51-53,55,57-59,61,63-65,67,69-80,84H2,1-2H3,(H,87,88)/b8-6-,14-12-,20-18-,26-24-,32-30-,43-36-,50-48-,56-54-,62-60-,68-66-. The van der Waals surface area contributed by atoms with Gasteiger partial charge >= 0.3 is 19.8 Å². The summed E-state index contributed by atoms with van der Waals surface area (Å²) in [6, 6.07) is 0. The van der Waals surface area contributed by atoms with Crippen LogP contribution in [0.4, 0.5) is 0 Å². The zero-order chi connectivity index (χ0) is 67.2. The first-order valence-corrected chi connectivity index (χ1v) is 40.5. The van der Waals surface area contributed by atoms with E-state index in [9.17, 15) is 19.0 Å². The van der Waals surface area contributed by atoms with Gasteiger partial charge in [0, 0.05) is 19.4 Å². The average Bonchev–Trinajstić information content (AvgIpc) is 3.32. The molecular weight excluding hydrogens is 1170 g/mol. The van der Waals surface area contributed by atoms with Crippen LogP contribution in [0.15, 0.2) is 122 Å². The smallest absolute Gasteiger partial charge is 0.462 e. The Hall–Kier alpha value is -3.59. The minimum atomic E-state index is -4.42. The van der Waals surface area contributed by atoms with Gasteiger partial charge in [-0.05, 0) is 89.9 Å². The number of phosphoric ester groups is 1. The normalized spacial score (nSPS) is 13.5. The summed E-state index contributed by atoms with van der Waals surface area (Å²) in [5.74, 6) is -0.874. The molecule has 0 heterocycles. The third-order valence-electron chi connectivity index (χ3n) is 16.9. The van der Waals surface area contributed by atoms with Gasteiger partial charge in [-0.15, -0.1) is 0 Å². The molecule has 536 valence electrons. The zero-order valence-electron chi connectivity index (χ0n) is 60.5. The van der Waals surface area contributed by atoms with Crippen LogP contribution in [-0.2, 0) is 32.7 Å². The maximum absolute atomic E-state index is 12.8. The minimum Gasteiger partial charge on any atom is -0.462 e. The predicted molar refractivity (Wildman–Crippen MR) is 404 cm³/mol. The highest BCUT2D eigenvalue weighted by molar-refractivity contribution is 7.47. The Morgan fingerprint density at radius 2 is 0.591 bits per heavy atom. The van der Waals surface area contributed by atoms with Crippen LogP contribution in [0, 0.1) is 0 Å². The molecule has 0 spiro atoms. The summed E-state index contributed by atoms with van der Waals surface area (Å²) in [6.07, 6.45) is 109. The summed E-state index contributed by atoms with van der Waals surface area (Å²) < 4.78 is 33.2. The van der Waals surface area contributed by atoms with Gasteiger partial charge in [-0.1, -0.05) is 379 Å². The number of phosphoric acid groups is 1. The number of hydrogen-bond donors (Lipinski definition) is 2. The molecule has 0 aromatic carbocycles. The summed E-state index contributed by atoms with van der Waals surface area (Å²) in [5.41, 5.74) is 5.40. The largest absolute Gasteiger partial charge is 0.472 e. The molecule has 3 N–H and O–H groups in total. The van der Waals surface area contributed by atoms with Gasteiger partial charge in [-0.25, -0.2) is 4.57 Å². The van der Waals surface area contributed by atoms with Crippen molar-refractivity contribution in [1.82, 2.24) is 0 Å². The molecule has 2 unspecified atom stereocenters. The van der Waals surface area contributed by atoms with Gasteiger partial charge in [0.2, 0.25) is 0 Å². The number of nitrogens with two attached hydrogens (primary N) is 1. The fourth-order valence-corrected chi connectivity index (χ4v) is 11.9. The summed E-state index contributed by atoms with van der Waals surface area (Å²) >= 11 is 0. The van der Waals surface area contributed by atoms with Crippen LogP contribution in [-0.4, -0.2) is 49.3 Å². The fourth-order valence-electron chi connectivity index (χ4n) is 11.1. The zero-order valence-corrected chi connectivity index (χ0v) is 61.4. The van der Waals surface area contributed by atoms with Crippen LogP contribution in [0.2, 0.25) is 0 Å². The van der Waals surface area contributed by atoms with E-state index in [1.54, 1.807) is 0 Å². The molecule has 0 fully saturated rings. The molecule has 0 aliphatic heterocycles. The number of rotatable bonds is 73. The van der Waals surface area contributed by atoms with E-state index in [-0.39, 0.29) is 32.6 Å². The van der Waals surface area contributed by atoms with E-state index in [2.05, 4.69) is 135 Å². The van der Waals surface area contributed by atoms with Gasteiger partial charge in [0.15, 0.2) is 6.10 Å². The van der Waals surface area contributed by atoms with E-state index in [0.717, 1.165) is 96.3 Å². The molecule has 0 radical (unpaired) electrons. The first-order valence-electron chi connectivity index (χ1n) is 39.0. The van der Waals surface area contributed by atoms with Gasteiger partial charge in [-0.3, -0.25) is 18.6 Å². The van der Waals surface area contributed by atoms with E-state index in [1.165, 1.54) is 231 Å². The maximum Gasteiger partial charge on any atom is 0.472 e. The molecule has 10 heteroatoms. The summed E-state index contributed by atoms with van der Waals surface area (Å²) in [6.45, 7) is 3.62. The van der Waals surface area contributed by atoms with E-state index in [1.807, 2.05) is 0 Å². The molecule has 0 saturated heterocycles. The summed E-state index contributed by atoms with van der Waals surface area (Å²) in [7, 11) is -4.42. The SMILES string of the molecule is CC/C=C\C/C=C\C/C=C\C/C=C\C/C=C\C/C=C\C/C=C\C/C=C\C/C=C\C/C=C\CCCCC(=O)OC(COC(=O)CCCCCCCCCCCCCCCCCCCCCCCCCCCCCCCCCCCCCCCCC)COP(=O)(O)OCCN. The third-order valence-corrected chi connectivity index (χ3v) is 17.8. The van der Waals surface area contributed by atoms with Crippen molar-refractivity contribution in [3.05, 3.63) is 122 Å². The number of unbranched alkanes of at least 4 members (excludes halogenated alkanes) is 40. The fraction of sp³-hybridized carbons (Fsp3) is 0.735. The van der Waals surface area contributed by atoms with Crippen LogP contribution in [0.3, 0.4) is 0 Å². The predicted octanol–water partition coefficient (Wildman–Crippen LogP) is 26.2. The second-order valence-corrected chi connectivity index (χ2v) is 27.3. The van der Waals surface area contributed by atoms with Crippen LogP contribution >= 0.6 is 7.82 Å². The number of allylic oxidation sites excluding steroid dienone is 20. The van der Waals surface area contributed by atoms with Crippen molar-refractivity contribution in [2.45, 2.75) is 367 Å². The maximum atomic E-state index is 12.8. The highest BCUT2D eigenvalue weighted by atomic mass is 31.2. The summed E-state index contributed by atoms with van der Waals surface area (Å²) in [5, 5.41) is 0. The number of carbonyl (C=O) groups excluding carboxylic acids is 2. The highest BCUT2D eigenvalue weighted by Gasteiger charge is 2.26. The Morgan fingerprint density at radius 3 is 0.882 bits per heavy atom. The monoisotopic (exact) mass is 1320 g/mol. The van der Waals surface area contributed by atoms with E-state index < -0.39 is 32.5 Å². The first-order chi connectivity index (χ1) is 45.8. The van der Waals surface area contributed by atoms with Crippen molar-refractivity contribution in [2.24, 2.45) is 5.73 Å². The quantitative estimate of drug-likeness (QED) is 0.0264. The molecule has 0 aliphatic rings. The Kier molecular flexibility index (Phi) is 74.4. The molecule has 0 rings (SSSR count). The van der Waals surface area contributed by atoms with Crippen LogP contribution in [0.1, 0.15) is 361 Å². The molecule has 0 bridgehead atoms. The first kappa shape index (κ1) is 89.4. The lowest BCUT2D eigenvalue weighted by Gasteiger charge is -2.19. The van der Waals surface area contributed by atoms with Gasteiger partial charge in [-0.2, -0.15) is 0 Å². The highest BCUT2D eigenvalue weighted by Crippen LogP contribution is 2.43. The Labute approximate surface area is 574 Å². The van der Waals surface area contributed by atoms with Gasteiger partial charge in [0.05, 0.1) is 13.2 Å².